The van der Waals surface area contributed by atoms with Crippen molar-refractivity contribution in [1.82, 2.24) is 10.3 Å². The molecule has 1 aliphatic carbocycles. The van der Waals surface area contributed by atoms with Crippen LogP contribution in [0.5, 0.6) is 5.75 Å². The average Bonchev–Trinajstić information content (AvgIpc) is 2.77. The van der Waals surface area contributed by atoms with Crippen molar-refractivity contribution >= 4 is 17.7 Å². The standard InChI is InChI=1S/C26H33N3O4/c1-16-12-19(7-10-23(16)33-2)22(15-24(30)31)29-26(32)20-13-17(14-20)5-8-21-9-6-18-4-3-11-27-25(18)28-21/h6-7,9-10,12,17,20,22H,3-5,8,11,13-15H2,1-2H3,(H,27,28)(H,29,32)(H,30,31)/t17-,20-,22-/m0/s1. The maximum Gasteiger partial charge on any atom is 0.305 e. The fourth-order valence-corrected chi connectivity index (χ4v) is 4.88. The van der Waals surface area contributed by atoms with E-state index in [4.69, 9.17) is 9.72 Å². The number of hydrogen-bond acceptors (Lipinski definition) is 5. The van der Waals surface area contributed by atoms with Crippen LogP contribution in [0.1, 0.15) is 60.5 Å². The molecule has 7 heteroatoms. The van der Waals surface area contributed by atoms with E-state index in [2.05, 4.69) is 22.8 Å². The van der Waals surface area contributed by atoms with Crippen LogP contribution < -0.4 is 15.4 Å². The summed E-state index contributed by atoms with van der Waals surface area (Å²) in [4.78, 5) is 29.0. The summed E-state index contributed by atoms with van der Waals surface area (Å²) in [5.41, 5.74) is 4.10. The van der Waals surface area contributed by atoms with Gasteiger partial charge in [-0.2, -0.15) is 0 Å². The number of ether oxygens (including phenoxy) is 1. The van der Waals surface area contributed by atoms with Gasteiger partial charge in [-0.1, -0.05) is 18.2 Å². The fourth-order valence-electron chi connectivity index (χ4n) is 4.88. The summed E-state index contributed by atoms with van der Waals surface area (Å²) in [7, 11) is 1.60. The Bertz CT molecular complexity index is 1020. The Hall–Kier alpha value is -3.09. The quantitative estimate of drug-likeness (QED) is 0.532. The van der Waals surface area contributed by atoms with E-state index in [1.165, 1.54) is 5.56 Å². The third-order valence-electron chi connectivity index (χ3n) is 6.88. The summed E-state index contributed by atoms with van der Waals surface area (Å²) in [5.74, 6) is 1.24. The number of carboxylic acids is 1. The van der Waals surface area contributed by atoms with E-state index in [1.807, 2.05) is 25.1 Å². The summed E-state index contributed by atoms with van der Waals surface area (Å²) in [5, 5.41) is 15.7. The van der Waals surface area contributed by atoms with Crippen LogP contribution in [0.25, 0.3) is 0 Å². The summed E-state index contributed by atoms with van der Waals surface area (Å²) >= 11 is 0. The second kappa shape index (κ2) is 10.2. The zero-order valence-corrected chi connectivity index (χ0v) is 19.4. The molecular formula is C26H33N3O4. The first-order valence-corrected chi connectivity index (χ1v) is 11.8. The summed E-state index contributed by atoms with van der Waals surface area (Å²) in [6.07, 6.45) is 5.73. The Morgan fingerprint density at radius 1 is 1.27 bits per heavy atom. The molecule has 2 aromatic rings. The molecule has 1 amide bonds. The lowest BCUT2D eigenvalue weighted by Crippen LogP contribution is -2.41. The highest BCUT2D eigenvalue weighted by Crippen LogP contribution is 2.38. The van der Waals surface area contributed by atoms with Gasteiger partial charge < -0.3 is 20.5 Å². The molecule has 0 spiro atoms. The summed E-state index contributed by atoms with van der Waals surface area (Å²) < 4.78 is 5.29. The summed E-state index contributed by atoms with van der Waals surface area (Å²) in [6.45, 7) is 2.90. The number of carbonyl (C=O) groups excluding carboxylic acids is 1. The smallest absolute Gasteiger partial charge is 0.305 e. The number of nitrogens with zero attached hydrogens (tertiary/aromatic N) is 1. The molecular weight excluding hydrogens is 418 g/mol. The predicted molar refractivity (Wildman–Crippen MR) is 126 cm³/mol. The van der Waals surface area contributed by atoms with Gasteiger partial charge in [0.2, 0.25) is 5.91 Å². The lowest BCUT2D eigenvalue weighted by atomic mass is 9.72. The van der Waals surface area contributed by atoms with Crippen LogP contribution in [0.4, 0.5) is 5.82 Å². The molecule has 7 nitrogen and oxygen atoms in total. The molecule has 176 valence electrons. The molecule has 0 unspecified atom stereocenters. The molecule has 0 saturated heterocycles. The molecule has 3 N–H and O–H groups in total. The minimum absolute atomic E-state index is 0.0520. The van der Waals surface area contributed by atoms with Crippen molar-refractivity contribution in [2.75, 3.05) is 19.0 Å². The second-order valence-electron chi connectivity index (χ2n) is 9.30. The van der Waals surface area contributed by atoms with E-state index in [1.54, 1.807) is 7.11 Å². The molecule has 1 aromatic heterocycles. The minimum Gasteiger partial charge on any atom is -0.496 e. The molecule has 2 aliphatic rings. The fraction of sp³-hybridized carbons (Fsp3) is 0.500. The number of fused-ring (bicyclic) bond motifs is 1. The zero-order valence-electron chi connectivity index (χ0n) is 19.4. The van der Waals surface area contributed by atoms with Gasteiger partial charge in [0, 0.05) is 18.2 Å². The SMILES string of the molecule is COc1ccc([C@H](CC(=O)O)NC(=O)[C@H]2C[C@H](CCc3ccc4c(n3)NCCC4)C2)cc1C. The number of carboxylic acid groups (broad SMARTS) is 1. The van der Waals surface area contributed by atoms with Gasteiger partial charge in [0.25, 0.3) is 0 Å². The average molecular weight is 452 g/mol. The van der Waals surface area contributed by atoms with Crippen molar-refractivity contribution in [2.24, 2.45) is 11.8 Å². The van der Waals surface area contributed by atoms with Crippen molar-refractivity contribution in [3.05, 3.63) is 52.7 Å². The van der Waals surface area contributed by atoms with Crippen molar-refractivity contribution in [2.45, 2.75) is 57.9 Å². The third-order valence-corrected chi connectivity index (χ3v) is 6.88. The highest BCUT2D eigenvalue weighted by atomic mass is 16.5. The van der Waals surface area contributed by atoms with E-state index >= 15 is 0 Å². The lowest BCUT2D eigenvalue weighted by Gasteiger charge is -2.35. The second-order valence-corrected chi connectivity index (χ2v) is 9.30. The van der Waals surface area contributed by atoms with Crippen molar-refractivity contribution in [1.29, 1.82) is 0 Å². The van der Waals surface area contributed by atoms with E-state index in [9.17, 15) is 14.7 Å². The predicted octanol–water partition coefficient (Wildman–Crippen LogP) is 4.05. The minimum atomic E-state index is -0.938. The number of methoxy groups -OCH3 is 1. The number of carbonyl (C=O) groups is 2. The number of anilines is 1. The molecule has 4 rings (SSSR count). The lowest BCUT2D eigenvalue weighted by molar-refractivity contribution is -0.138. The normalized spacial score (nSPS) is 20.1. The highest BCUT2D eigenvalue weighted by molar-refractivity contribution is 5.81. The number of aromatic nitrogens is 1. The van der Waals surface area contributed by atoms with Crippen molar-refractivity contribution in [3.8, 4) is 5.75 Å². The molecule has 1 atom stereocenters. The molecule has 2 heterocycles. The van der Waals surface area contributed by atoms with Gasteiger partial charge in [0.15, 0.2) is 0 Å². The first kappa shape index (κ1) is 23.1. The van der Waals surface area contributed by atoms with Crippen LogP contribution in [0, 0.1) is 18.8 Å². The molecule has 0 radical (unpaired) electrons. The van der Waals surface area contributed by atoms with Gasteiger partial charge in [0.1, 0.15) is 11.6 Å². The number of pyridine rings is 1. The Kier molecular flexibility index (Phi) is 7.16. The molecule has 0 bridgehead atoms. The molecule has 1 saturated carbocycles. The van der Waals surface area contributed by atoms with Crippen LogP contribution in [0.3, 0.4) is 0 Å². The van der Waals surface area contributed by atoms with Gasteiger partial charge in [-0.3, -0.25) is 9.59 Å². The van der Waals surface area contributed by atoms with Crippen LogP contribution in [-0.4, -0.2) is 35.6 Å². The van der Waals surface area contributed by atoms with Gasteiger partial charge in [0.05, 0.1) is 19.6 Å². The molecule has 33 heavy (non-hydrogen) atoms. The number of rotatable bonds is 9. The Labute approximate surface area is 195 Å². The van der Waals surface area contributed by atoms with E-state index < -0.39 is 12.0 Å². The zero-order chi connectivity index (χ0) is 23.4. The Morgan fingerprint density at radius 2 is 2.09 bits per heavy atom. The maximum atomic E-state index is 12.8. The van der Waals surface area contributed by atoms with Gasteiger partial charge in [-0.15, -0.1) is 0 Å². The first-order valence-electron chi connectivity index (χ1n) is 11.8. The van der Waals surface area contributed by atoms with Crippen molar-refractivity contribution < 1.29 is 19.4 Å². The number of amides is 1. The van der Waals surface area contributed by atoms with E-state index in [0.29, 0.717) is 5.92 Å². The highest BCUT2D eigenvalue weighted by Gasteiger charge is 2.35. The van der Waals surface area contributed by atoms with Crippen LogP contribution in [-0.2, 0) is 22.4 Å². The van der Waals surface area contributed by atoms with Gasteiger partial charge >= 0.3 is 5.97 Å². The summed E-state index contributed by atoms with van der Waals surface area (Å²) in [6, 6.07) is 9.29. The Balaban J connectivity index is 1.28. The molecule has 1 aliphatic heterocycles. The maximum absolute atomic E-state index is 12.8. The molecule has 1 aromatic carbocycles. The van der Waals surface area contributed by atoms with Crippen LogP contribution in [0.2, 0.25) is 0 Å². The number of aryl methyl sites for hydroxylation is 3. The molecule has 1 fully saturated rings. The first-order chi connectivity index (χ1) is 15.9. The largest absolute Gasteiger partial charge is 0.496 e. The van der Waals surface area contributed by atoms with E-state index in [0.717, 1.165) is 73.5 Å². The van der Waals surface area contributed by atoms with Crippen LogP contribution in [0.15, 0.2) is 30.3 Å². The van der Waals surface area contributed by atoms with Crippen LogP contribution >= 0.6 is 0 Å². The van der Waals surface area contributed by atoms with Gasteiger partial charge in [-0.25, -0.2) is 4.98 Å². The van der Waals surface area contributed by atoms with Gasteiger partial charge in [-0.05, 0) is 80.2 Å². The third kappa shape index (κ3) is 5.64. The Morgan fingerprint density at radius 3 is 2.82 bits per heavy atom. The monoisotopic (exact) mass is 451 g/mol. The topological polar surface area (TPSA) is 101 Å². The van der Waals surface area contributed by atoms with Crippen molar-refractivity contribution in [3.63, 3.8) is 0 Å². The number of hydrogen-bond donors (Lipinski definition) is 3. The van der Waals surface area contributed by atoms with E-state index in [-0.39, 0.29) is 18.2 Å². The number of nitrogens with one attached hydrogen (secondary N) is 2. The number of benzene rings is 1. The number of aliphatic carboxylic acids is 1.